The number of ether oxygens (including phenoxy) is 1. The van der Waals surface area contributed by atoms with Crippen molar-refractivity contribution in [2.75, 3.05) is 19.7 Å². The zero-order valence-electron chi connectivity index (χ0n) is 10.5. The molecule has 0 saturated heterocycles. The second-order valence-corrected chi connectivity index (χ2v) is 4.60. The monoisotopic (exact) mass is 231 g/mol. The van der Waals surface area contributed by atoms with Crippen LogP contribution in [0.3, 0.4) is 0 Å². The highest BCUT2D eigenvalue weighted by Crippen LogP contribution is 2.08. The maximum atomic E-state index is 5.77. The Balaban J connectivity index is 1.69. The predicted molar refractivity (Wildman–Crippen MR) is 70.9 cm³/mol. The highest BCUT2D eigenvalue weighted by Gasteiger charge is 2.13. The summed E-state index contributed by atoms with van der Waals surface area (Å²) in [5, 5.41) is 0. The highest BCUT2D eigenvalue weighted by molar-refractivity contribution is 5.13. The topological polar surface area (TPSA) is 12.5 Å². The lowest BCUT2D eigenvalue weighted by molar-refractivity contribution is 0.0607. The van der Waals surface area contributed by atoms with E-state index in [1.165, 1.54) is 12.0 Å². The van der Waals surface area contributed by atoms with Crippen molar-refractivity contribution in [3.8, 4) is 0 Å². The minimum absolute atomic E-state index is 0.503. The molecule has 2 nitrogen and oxygen atoms in total. The van der Waals surface area contributed by atoms with Crippen molar-refractivity contribution >= 4 is 0 Å². The van der Waals surface area contributed by atoms with Crippen molar-refractivity contribution in [1.82, 2.24) is 4.90 Å². The van der Waals surface area contributed by atoms with Gasteiger partial charge in [0.1, 0.15) is 0 Å². The van der Waals surface area contributed by atoms with Gasteiger partial charge in [-0.1, -0.05) is 42.5 Å². The predicted octanol–water partition coefficient (Wildman–Crippen LogP) is 2.85. The van der Waals surface area contributed by atoms with Crippen LogP contribution in [0.1, 0.15) is 18.9 Å². The van der Waals surface area contributed by atoms with Crippen molar-refractivity contribution in [2.24, 2.45) is 0 Å². The van der Waals surface area contributed by atoms with Crippen LogP contribution < -0.4 is 0 Å². The summed E-state index contributed by atoms with van der Waals surface area (Å²) in [5.74, 6) is 0. The maximum Gasteiger partial charge on any atom is 0.0717 e. The van der Waals surface area contributed by atoms with Crippen LogP contribution in [0.15, 0.2) is 42.5 Å². The Morgan fingerprint density at radius 3 is 2.76 bits per heavy atom. The Morgan fingerprint density at radius 2 is 2.06 bits per heavy atom. The molecular weight excluding hydrogens is 210 g/mol. The van der Waals surface area contributed by atoms with E-state index in [1.807, 2.05) is 6.07 Å². The lowest BCUT2D eigenvalue weighted by atomic mass is 10.2. The second kappa shape index (κ2) is 6.58. The number of rotatable bonds is 5. The first-order chi connectivity index (χ1) is 8.36. The zero-order valence-corrected chi connectivity index (χ0v) is 10.5. The van der Waals surface area contributed by atoms with Crippen LogP contribution >= 0.6 is 0 Å². The van der Waals surface area contributed by atoms with Gasteiger partial charge in [-0.2, -0.15) is 0 Å². The van der Waals surface area contributed by atoms with Crippen LogP contribution in [0.5, 0.6) is 0 Å². The van der Waals surface area contributed by atoms with Gasteiger partial charge < -0.3 is 4.74 Å². The first-order valence-corrected chi connectivity index (χ1v) is 6.37. The summed E-state index contributed by atoms with van der Waals surface area (Å²) in [6.45, 7) is 5.99. The summed E-state index contributed by atoms with van der Waals surface area (Å²) in [6.07, 6.45) is 5.67. The van der Waals surface area contributed by atoms with Crippen LogP contribution in [0.4, 0.5) is 0 Å². The summed E-state index contributed by atoms with van der Waals surface area (Å²) >= 11 is 0. The molecule has 0 bridgehead atoms. The van der Waals surface area contributed by atoms with E-state index in [4.69, 9.17) is 4.74 Å². The molecule has 1 unspecified atom stereocenters. The normalized spacial score (nSPS) is 18.2. The Hall–Kier alpha value is -1.12. The Kier molecular flexibility index (Phi) is 4.77. The molecule has 0 spiro atoms. The van der Waals surface area contributed by atoms with Crippen molar-refractivity contribution in [3.63, 3.8) is 0 Å². The standard InChI is InChI=1S/C15H21NO/c1-14(16-10-6-3-7-11-16)12-17-13-15-8-4-2-5-9-15/h2-6,8-9,14H,7,10-13H2,1H3. The van der Waals surface area contributed by atoms with E-state index in [0.717, 1.165) is 26.3 Å². The molecule has 0 aliphatic carbocycles. The Labute approximate surface area is 104 Å². The zero-order chi connectivity index (χ0) is 11.9. The van der Waals surface area contributed by atoms with Gasteiger partial charge >= 0.3 is 0 Å². The molecule has 2 rings (SSSR count). The molecule has 0 N–H and O–H groups in total. The first kappa shape index (κ1) is 12.3. The van der Waals surface area contributed by atoms with Crippen LogP contribution in [-0.2, 0) is 11.3 Å². The van der Waals surface area contributed by atoms with Crippen molar-refractivity contribution in [1.29, 1.82) is 0 Å². The van der Waals surface area contributed by atoms with Gasteiger partial charge in [0.2, 0.25) is 0 Å². The molecule has 1 aromatic carbocycles. The summed E-state index contributed by atoms with van der Waals surface area (Å²) in [4.78, 5) is 2.46. The summed E-state index contributed by atoms with van der Waals surface area (Å²) in [7, 11) is 0. The van der Waals surface area contributed by atoms with E-state index in [2.05, 4.69) is 48.2 Å². The van der Waals surface area contributed by atoms with Crippen molar-refractivity contribution in [3.05, 3.63) is 48.0 Å². The van der Waals surface area contributed by atoms with Crippen molar-refractivity contribution in [2.45, 2.75) is 26.0 Å². The third-order valence-corrected chi connectivity index (χ3v) is 3.18. The fourth-order valence-corrected chi connectivity index (χ4v) is 2.09. The fraction of sp³-hybridized carbons (Fsp3) is 0.467. The van der Waals surface area contributed by atoms with Gasteiger partial charge in [-0.25, -0.2) is 0 Å². The van der Waals surface area contributed by atoms with E-state index in [-0.39, 0.29) is 0 Å². The molecule has 1 atom stereocenters. The summed E-state index contributed by atoms with van der Waals surface area (Å²) in [6, 6.07) is 10.9. The molecule has 1 aromatic rings. The van der Waals surface area contributed by atoms with Gasteiger partial charge in [0.25, 0.3) is 0 Å². The average molecular weight is 231 g/mol. The molecule has 0 saturated carbocycles. The molecule has 17 heavy (non-hydrogen) atoms. The lowest BCUT2D eigenvalue weighted by Gasteiger charge is -2.29. The molecule has 0 radical (unpaired) electrons. The minimum atomic E-state index is 0.503. The first-order valence-electron chi connectivity index (χ1n) is 6.37. The second-order valence-electron chi connectivity index (χ2n) is 4.60. The largest absolute Gasteiger partial charge is 0.375 e. The van der Waals surface area contributed by atoms with Gasteiger partial charge in [-0.15, -0.1) is 0 Å². The highest BCUT2D eigenvalue weighted by atomic mass is 16.5. The Bertz CT molecular complexity index is 347. The average Bonchev–Trinajstić information content (AvgIpc) is 2.41. The summed E-state index contributed by atoms with van der Waals surface area (Å²) in [5.41, 5.74) is 1.25. The number of hydrogen-bond acceptors (Lipinski definition) is 2. The SMILES string of the molecule is CC(COCc1ccccc1)N1CC=CCC1. The van der Waals surface area contributed by atoms with Gasteiger partial charge in [-0.05, 0) is 18.9 Å². The van der Waals surface area contributed by atoms with E-state index in [1.54, 1.807) is 0 Å². The van der Waals surface area contributed by atoms with Gasteiger partial charge in [-0.3, -0.25) is 4.90 Å². The fourth-order valence-electron chi connectivity index (χ4n) is 2.09. The molecule has 1 aliphatic heterocycles. The van der Waals surface area contributed by atoms with Crippen LogP contribution in [0.2, 0.25) is 0 Å². The third-order valence-electron chi connectivity index (χ3n) is 3.18. The van der Waals surface area contributed by atoms with E-state index in [9.17, 15) is 0 Å². The van der Waals surface area contributed by atoms with Crippen molar-refractivity contribution < 1.29 is 4.74 Å². The van der Waals surface area contributed by atoms with Gasteiger partial charge in [0, 0.05) is 19.1 Å². The molecule has 1 heterocycles. The number of benzene rings is 1. The molecule has 92 valence electrons. The maximum absolute atomic E-state index is 5.77. The Morgan fingerprint density at radius 1 is 1.24 bits per heavy atom. The molecular formula is C15H21NO. The summed E-state index contributed by atoms with van der Waals surface area (Å²) < 4.78 is 5.77. The smallest absolute Gasteiger partial charge is 0.0717 e. The molecule has 0 aromatic heterocycles. The van der Waals surface area contributed by atoms with Crippen LogP contribution in [-0.4, -0.2) is 30.6 Å². The molecule has 1 aliphatic rings. The number of nitrogens with zero attached hydrogens (tertiary/aromatic N) is 1. The van der Waals surface area contributed by atoms with E-state index < -0.39 is 0 Å². The third kappa shape index (κ3) is 3.99. The van der Waals surface area contributed by atoms with E-state index >= 15 is 0 Å². The van der Waals surface area contributed by atoms with Crippen LogP contribution in [0.25, 0.3) is 0 Å². The van der Waals surface area contributed by atoms with Crippen LogP contribution in [0, 0.1) is 0 Å². The van der Waals surface area contributed by atoms with Gasteiger partial charge in [0.05, 0.1) is 13.2 Å². The molecule has 2 heteroatoms. The van der Waals surface area contributed by atoms with E-state index in [0.29, 0.717) is 6.04 Å². The molecule has 0 fully saturated rings. The quantitative estimate of drug-likeness (QED) is 0.722. The number of hydrogen-bond donors (Lipinski definition) is 0. The molecule has 0 amide bonds. The minimum Gasteiger partial charge on any atom is -0.375 e. The lowest BCUT2D eigenvalue weighted by Crippen LogP contribution is -2.38. The van der Waals surface area contributed by atoms with Gasteiger partial charge in [0.15, 0.2) is 0 Å².